The minimum Gasteiger partial charge on any atom is -0.293 e. The highest BCUT2D eigenvalue weighted by Gasteiger charge is 2.41. The predicted molar refractivity (Wildman–Crippen MR) is 93.9 cm³/mol. The van der Waals surface area contributed by atoms with Crippen LogP contribution in [-0.2, 0) is 6.54 Å². The summed E-state index contributed by atoms with van der Waals surface area (Å²) in [4.78, 5) is 21.2. The van der Waals surface area contributed by atoms with Gasteiger partial charge >= 0.3 is 0 Å². The van der Waals surface area contributed by atoms with E-state index in [1.54, 1.807) is 38.2 Å². The largest absolute Gasteiger partial charge is 0.293 e. The van der Waals surface area contributed by atoms with Gasteiger partial charge in [0.1, 0.15) is 11.5 Å². The predicted octanol–water partition coefficient (Wildman–Crippen LogP) is 3.24. The van der Waals surface area contributed by atoms with Crippen LogP contribution in [0.2, 0.25) is 0 Å². The zero-order chi connectivity index (χ0) is 17.6. The van der Waals surface area contributed by atoms with Gasteiger partial charge in [0.2, 0.25) is 0 Å². The summed E-state index contributed by atoms with van der Waals surface area (Å²) < 4.78 is 16.1. The van der Waals surface area contributed by atoms with Crippen LogP contribution in [0.25, 0.3) is 10.9 Å². The molecule has 25 heavy (non-hydrogen) atoms. The number of rotatable bonds is 0. The Kier molecular flexibility index (Phi) is 3.43. The zero-order valence-corrected chi connectivity index (χ0v) is 14.0. The van der Waals surface area contributed by atoms with Gasteiger partial charge in [-0.3, -0.25) is 9.36 Å². The van der Waals surface area contributed by atoms with Gasteiger partial charge in [0.15, 0.2) is 6.17 Å². The number of aromatic nitrogens is 3. The van der Waals surface area contributed by atoms with Crippen LogP contribution in [0.1, 0.15) is 37.1 Å². The fraction of sp³-hybridized carbons (Fsp3) is 0.250. The summed E-state index contributed by atoms with van der Waals surface area (Å²) in [5, 5.41) is 0.483. The van der Waals surface area contributed by atoms with Gasteiger partial charge in [-0.1, -0.05) is 25.8 Å². The molecule has 3 aromatic rings. The summed E-state index contributed by atoms with van der Waals surface area (Å²) >= 11 is 0. The molecule has 0 saturated carbocycles. The molecule has 1 aromatic carbocycles. The Labute approximate surface area is 144 Å². The number of hydrogen-bond acceptors (Lipinski definition) is 3. The average molecular weight is 333 g/mol. The van der Waals surface area contributed by atoms with E-state index in [1.165, 1.54) is 4.57 Å². The average Bonchev–Trinajstić information content (AvgIpc) is 2.84. The molecule has 124 valence electrons. The van der Waals surface area contributed by atoms with Gasteiger partial charge in [-0.05, 0) is 36.3 Å². The summed E-state index contributed by atoms with van der Waals surface area (Å²) in [5.41, 5.74) is 1.03. The molecule has 5 heteroatoms. The number of fused-ring (bicyclic) bond motifs is 2. The zero-order valence-electron chi connectivity index (χ0n) is 14.0. The Balaban J connectivity index is 1.82. The quantitative estimate of drug-likeness (QED) is 0.593. The minimum absolute atomic E-state index is 0.197. The second-order valence-electron chi connectivity index (χ2n) is 6.91. The highest BCUT2D eigenvalue weighted by atomic mass is 19.1. The van der Waals surface area contributed by atoms with E-state index in [-0.39, 0.29) is 11.4 Å². The molecular weight excluding hydrogens is 317 g/mol. The Morgan fingerprint density at radius 1 is 1.24 bits per heavy atom. The second kappa shape index (κ2) is 5.52. The van der Waals surface area contributed by atoms with Crippen molar-refractivity contribution in [2.24, 2.45) is 5.41 Å². The molecule has 0 bridgehead atoms. The first-order valence-corrected chi connectivity index (χ1v) is 8.07. The van der Waals surface area contributed by atoms with Crippen molar-refractivity contribution < 1.29 is 4.39 Å². The highest BCUT2D eigenvalue weighted by Crippen LogP contribution is 2.42. The SMILES string of the molecule is CC1(C)Cn2c(nc3cc(C#Cc4ccccn4)ccc3c2=O)C1F. The molecule has 0 saturated heterocycles. The van der Waals surface area contributed by atoms with Crippen LogP contribution in [0.4, 0.5) is 4.39 Å². The maximum absolute atomic E-state index is 14.6. The van der Waals surface area contributed by atoms with Crippen LogP contribution in [-0.4, -0.2) is 14.5 Å². The van der Waals surface area contributed by atoms with Crippen molar-refractivity contribution in [3.63, 3.8) is 0 Å². The van der Waals surface area contributed by atoms with E-state index >= 15 is 0 Å². The summed E-state index contributed by atoms with van der Waals surface area (Å²) in [7, 11) is 0. The molecule has 0 fully saturated rings. The van der Waals surface area contributed by atoms with Gasteiger partial charge in [-0.2, -0.15) is 0 Å². The summed E-state index contributed by atoms with van der Waals surface area (Å²) in [5.74, 6) is 6.19. The first-order chi connectivity index (χ1) is 12.0. The molecule has 0 amide bonds. The third-order valence-corrected chi connectivity index (χ3v) is 4.46. The van der Waals surface area contributed by atoms with E-state index < -0.39 is 11.6 Å². The Morgan fingerprint density at radius 3 is 2.84 bits per heavy atom. The number of benzene rings is 1. The van der Waals surface area contributed by atoms with Crippen molar-refractivity contribution in [2.45, 2.75) is 26.6 Å². The second-order valence-corrected chi connectivity index (χ2v) is 6.91. The topological polar surface area (TPSA) is 47.8 Å². The summed E-state index contributed by atoms with van der Waals surface area (Å²) in [6.45, 7) is 3.95. The first-order valence-electron chi connectivity index (χ1n) is 8.07. The normalized spacial score (nSPS) is 17.8. The van der Waals surface area contributed by atoms with Gasteiger partial charge in [0, 0.05) is 23.7 Å². The molecule has 3 heterocycles. The van der Waals surface area contributed by atoms with Crippen molar-refractivity contribution in [3.8, 4) is 11.8 Å². The third-order valence-electron chi connectivity index (χ3n) is 4.46. The Bertz CT molecular complexity index is 1090. The molecule has 1 aliphatic heterocycles. The van der Waals surface area contributed by atoms with Crippen LogP contribution in [0.15, 0.2) is 47.4 Å². The smallest absolute Gasteiger partial charge is 0.261 e. The first kappa shape index (κ1) is 15.5. The van der Waals surface area contributed by atoms with Crippen LogP contribution in [0.3, 0.4) is 0 Å². The number of nitrogens with zero attached hydrogens (tertiary/aromatic N) is 3. The minimum atomic E-state index is -1.26. The molecule has 1 unspecified atom stereocenters. The number of pyridine rings is 1. The number of halogens is 1. The molecule has 0 N–H and O–H groups in total. The standard InChI is InChI=1S/C20H16FN3O/c1-20(2)12-24-18(17(20)21)23-16-11-13(7-9-15(16)19(24)25)6-8-14-5-3-4-10-22-14/h3-5,7,9-11,17H,12H2,1-2H3. The highest BCUT2D eigenvalue weighted by molar-refractivity contribution is 5.79. The Morgan fingerprint density at radius 2 is 2.08 bits per heavy atom. The van der Waals surface area contributed by atoms with Crippen LogP contribution < -0.4 is 5.56 Å². The molecule has 4 nitrogen and oxygen atoms in total. The van der Waals surface area contributed by atoms with E-state index in [0.717, 1.165) is 0 Å². The number of hydrogen-bond donors (Lipinski definition) is 0. The van der Waals surface area contributed by atoms with Gasteiger partial charge < -0.3 is 0 Å². The Hall–Kier alpha value is -3.00. The molecule has 2 aromatic heterocycles. The monoisotopic (exact) mass is 333 g/mol. The third kappa shape index (κ3) is 2.60. The molecule has 0 radical (unpaired) electrons. The van der Waals surface area contributed by atoms with Gasteiger partial charge in [0.05, 0.1) is 10.9 Å². The van der Waals surface area contributed by atoms with Crippen molar-refractivity contribution in [3.05, 3.63) is 70.0 Å². The lowest BCUT2D eigenvalue weighted by molar-refractivity contribution is 0.160. The van der Waals surface area contributed by atoms with Gasteiger partial charge in [-0.25, -0.2) is 14.4 Å². The van der Waals surface area contributed by atoms with Crippen molar-refractivity contribution >= 4 is 10.9 Å². The lowest BCUT2D eigenvalue weighted by Crippen LogP contribution is -2.23. The lowest BCUT2D eigenvalue weighted by atomic mass is 9.90. The lowest BCUT2D eigenvalue weighted by Gasteiger charge is -2.17. The fourth-order valence-electron chi connectivity index (χ4n) is 3.07. The van der Waals surface area contributed by atoms with Crippen molar-refractivity contribution in [2.75, 3.05) is 0 Å². The summed E-state index contributed by atoms with van der Waals surface area (Å²) in [6, 6.07) is 10.7. The van der Waals surface area contributed by atoms with Crippen molar-refractivity contribution in [1.29, 1.82) is 0 Å². The van der Waals surface area contributed by atoms with Crippen LogP contribution >= 0.6 is 0 Å². The molecule has 0 aliphatic carbocycles. The van der Waals surface area contributed by atoms with Gasteiger partial charge in [0.25, 0.3) is 5.56 Å². The number of alkyl halides is 1. The van der Waals surface area contributed by atoms with Crippen LogP contribution in [0, 0.1) is 17.3 Å². The van der Waals surface area contributed by atoms with Crippen molar-refractivity contribution in [1.82, 2.24) is 14.5 Å². The molecular formula is C20H16FN3O. The maximum Gasteiger partial charge on any atom is 0.261 e. The molecule has 4 rings (SSSR count). The maximum atomic E-state index is 14.6. The molecule has 1 atom stereocenters. The summed E-state index contributed by atoms with van der Waals surface area (Å²) in [6.07, 6.45) is 0.423. The van der Waals surface area contributed by atoms with E-state index in [1.807, 2.05) is 18.2 Å². The molecule has 0 spiro atoms. The molecule has 1 aliphatic rings. The van der Waals surface area contributed by atoms with E-state index in [2.05, 4.69) is 21.8 Å². The van der Waals surface area contributed by atoms with Crippen LogP contribution in [0.5, 0.6) is 0 Å². The van der Waals surface area contributed by atoms with E-state index in [0.29, 0.717) is 28.7 Å². The fourth-order valence-corrected chi connectivity index (χ4v) is 3.07. The van der Waals surface area contributed by atoms with Gasteiger partial charge in [-0.15, -0.1) is 0 Å². The van der Waals surface area contributed by atoms with E-state index in [4.69, 9.17) is 0 Å². The van der Waals surface area contributed by atoms with E-state index in [9.17, 15) is 9.18 Å².